The van der Waals surface area contributed by atoms with Gasteiger partial charge in [-0.1, -0.05) is 23.7 Å². The third-order valence-electron chi connectivity index (χ3n) is 8.00. The van der Waals surface area contributed by atoms with Crippen molar-refractivity contribution in [3.63, 3.8) is 0 Å². The minimum absolute atomic E-state index is 0.0401. The molecule has 1 aromatic heterocycles. The third kappa shape index (κ3) is 7.98. The average Bonchev–Trinajstić information content (AvgIpc) is 2.96. The standard InChI is InChI=1S/C32H44ClN5O4S/c1-20(2)42-29-18-25(23-11-13-24(14-12-23)38(6)15-16-39)22(5)17-28(29)36-32-34-19-26(33)31(37-32)35-27-9-7-8-10-30(27)43(40,41)21(3)4/h7-10,17-21,23-24,39H,11-16H2,1-6H3,(H2,34,35,36,37). The number of benzene rings is 2. The number of rotatable bonds is 12. The summed E-state index contributed by atoms with van der Waals surface area (Å²) in [7, 11) is -1.45. The lowest BCUT2D eigenvalue weighted by atomic mass is 9.79. The fourth-order valence-corrected chi connectivity index (χ4v) is 6.94. The van der Waals surface area contributed by atoms with Crippen molar-refractivity contribution in [1.29, 1.82) is 0 Å². The van der Waals surface area contributed by atoms with E-state index in [1.807, 2.05) is 13.8 Å². The summed E-state index contributed by atoms with van der Waals surface area (Å²) in [4.78, 5) is 11.4. The maximum atomic E-state index is 13.0. The number of ether oxygens (including phenoxy) is 1. The van der Waals surface area contributed by atoms with Gasteiger partial charge in [0.2, 0.25) is 5.95 Å². The predicted octanol–water partition coefficient (Wildman–Crippen LogP) is 6.85. The molecule has 0 radical (unpaired) electrons. The Kier molecular flexibility index (Phi) is 10.9. The molecular formula is C32H44ClN5O4S. The van der Waals surface area contributed by atoms with Crippen LogP contribution in [0.5, 0.6) is 5.75 Å². The van der Waals surface area contributed by atoms with Gasteiger partial charge in [-0.3, -0.25) is 0 Å². The van der Waals surface area contributed by atoms with Gasteiger partial charge in [0.25, 0.3) is 0 Å². The number of aryl methyl sites for hydroxylation is 1. The molecule has 1 heterocycles. The second-order valence-corrected chi connectivity index (χ2v) is 14.7. The van der Waals surface area contributed by atoms with Crippen molar-refractivity contribution >= 4 is 44.6 Å². The van der Waals surface area contributed by atoms with Crippen LogP contribution in [0.4, 0.5) is 23.1 Å². The molecule has 0 saturated heterocycles. The van der Waals surface area contributed by atoms with E-state index in [1.165, 1.54) is 11.8 Å². The van der Waals surface area contributed by atoms with Gasteiger partial charge in [0, 0.05) is 12.6 Å². The zero-order valence-electron chi connectivity index (χ0n) is 25.9. The summed E-state index contributed by atoms with van der Waals surface area (Å²) >= 11 is 6.45. The van der Waals surface area contributed by atoms with Gasteiger partial charge >= 0.3 is 0 Å². The molecule has 0 atom stereocenters. The molecule has 0 aliphatic heterocycles. The van der Waals surface area contributed by atoms with Crippen LogP contribution in [-0.4, -0.2) is 66.0 Å². The van der Waals surface area contributed by atoms with Crippen LogP contribution in [0, 0.1) is 6.92 Å². The molecule has 0 amide bonds. The number of nitrogens with zero attached hydrogens (tertiary/aromatic N) is 3. The molecule has 11 heteroatoms. The van der Waals surface area contributed by atoms with Crippen molar-refractivity contribution < 1.29 is 18.3 Å². The highest BCUT2D eigenvalue weighted by molar-refractivity contribution is 7.92. The SMILES string of the molecule is Cc1cc(Nc2ncc(Cl)c(Nc3ccccc3S(=O)(=O)C(C)C)n2)c(OC(C)C)cc1C1CCC(N(C)CCO)CC1. The molecule has 9 nitrogen and oxygen atoms in total. The van der Waals surface area contributed by atoms with E-state index in [-0.39, 0.29) is 28.4 Å². The quantitative estimate of drug-likeness (QED) is 0.198. The number of nitrogens with one attached hydrogen (secondary N) is 2. The summed E-state index contributed by atoms with van der Waals surface area (Å²) in [6, 6.07) is 11.4. The summed E-state index contributed by atoms with van der Waals surface area (Å²) in [5.41, 5.74) is 3.57. The minimum atomic E-state index is -3.54. The summed E-state index contributed by atoms with van der Waals surface area (Å²) in [5, 5.41) is 15.4. The highest BCUT2D eigenvalue weighted by Gasteiger charge is 2.27. The second kappa shape index (κ2) is 14.2. The Morgan fingerprint density at radius 1 is 1.07 bits per heavy atom. The van der Waals surface area contributed by atoms with Gasteiger partial charge in [-0.15, -0.1) is 0 Å². The fraction of sp³-hybridized carbons (Fsp3) is 0.500. The number of halogens is 1. The first-order valence-corrected chi connectivity index (χ1v) is 16.8. The van der Waals surface area contributed by atoms with Crippen molar-refractivity contribution in [2.24, 2.45) is 0 Å². The van der Waals surface area contributed by atoms with E-state index in [1.54, 1.807) is 38.1 Å². The number of hydrogen-bond donors (Lipinski definition) is 3. The summed E-state index contributed by atoms with van der Waals surface area (Å²) in [6.07, 6.45) is 5.79. The van der Waals surface area contributed by atoms with Crippen molar-refractivity contribution in [2.45, 2.75) is 88.5 Å². The molecule has 3 N–H and O–H groups in total. The Bertz CT molecular complexity index is 1510. The van der Waals surface area contributed by atoms with Gasteiger partial charge < -0.3 is 25.4 Å². The number of likely N-dealkylation sites (N-methyl/N-ethyl adjacent to an activating group) is 1. The molecule has 234 valence electrons. The molecule has 3 aromatic rings. The minimum Gasteiger partial charge on any atom is -0.489 e. The van der Waals surface area contributed by atoms with E-state index in [9.17, 15) is 13.5 Å². The molecule has 1 saturated carbocycles. The lowest BCUT2D eigenvalue weighted by molar-refractivity contribution is 0.146. The van der Waals surface area contributed by atoms with E-state index in [0.717, 1.165) is 42.7 Å². The number of para-hydroxylation sites is 1. The molecule has 4 rings (SSSR count). The van der Waals surface area contributed by atoms with Crippen LogP contribution >= 0.6 is 11.6 Å². The van der Waals surface area contributed by atoms with E-state index in [0.29, 0.717) is 30.1 Å². The van der Waals surface area contributed by atoms with Crippen LogP contribution in [0.25, 0.3) is 0 Å². The zero-order chi connectivity index (χ0) is 31.3. The molecular weight excluding hydrogens is 586 g/mol. The first-order chi connectivity index (χ1) is 20.4. The van der Waals surface area contributed by atoms with Gasteiger partial charge in [-0.25, -0.2) is 13.4 Å². The largest absolute Gasteiger partial charge is 0.489 e. The normalized spacial score (nSPS) is 17.5. The molecule has 1 aliphatic rings. The average molecular weight is 630 g/mol. The highest BCUT2D eigenvalue weighted by atomic mass is 35.5. The topological polar surface area (TPSA) is 117 Å². The van der Waals surface area contributed by atoms with Gasteiger partial charge in [0.05, 0.1) is 40.4 Å². The van der Waals surface area contributed by atoms with E-state index >= 15 is 0 Å². The third-order valence-corrected chi connectivity index (χ3v) is 10.5. The number of hydrogen-bond acceptors (Lipinski definition) is 9. The van der Waals surface area contributed by atoms with Crippen LogP contribution < -0.4 is 15.4 Å². The maximum Gasteiger partial charge on any atom is 0.229 e. The van der Waals surface area contributed by atoms with Gasteiger partial charge in [-0.05, 0) is 109 Å². The van der Waals surface area contributed by atoms with Crippen LogP contribution in [0.1, 0.15) is 70.4 Å². The summed E-state index contributed by atoms with van der Waals surface area (Å²) in [5.74, 6) is 1.74. The number of aliphatic hydroxyl groups is 1. The lowest BCUT2D eigenvalue weighted by Gasteiger charge is -2.35. The first-order valence-electron chi connectivity index (χ1n) is 14.9. The van der Waals surface area contributed by atoms with Crippen molar-refractivity contribution in [3.8, 4) is 5.75 Å². The van der Waals surface area contributed by atoms with Crippen LogP contribution in [0.2, 0.25) is 5.02 Å². The predicted molar refractivity (Wildman–Crippen MR) is 174 cm³/mol. The van der Waals surface area contributed by atoms with Crippen LogP contribution in [0.15, 0.2) is 47.5 Å². The van der Waals surface area contributed by atoms with E-state index in [2.05, 4.69) is 51.6 Å². The molecule has 2 aromatic carbocycles. The molecule has 1 fully saturated rings. The van der Waals surface area contributed by atoms with Crippen molar-refractivity contribution in [3.05, 3.63) is 58.7 Å². The molecule has 43 heavy (non-hydrogen) atoms. The Hall–Kier alpha value is -2.92. The first kappa shape index (κ1) is 33.0. The Morgan fingerprint density at radius 3 is 2.42 bits per heavy atom. The lowest BCUT2D eigenvalue weighted by Crippen LogP contribution is -2.36. The summed E-state index contributed by atoms with van der Waals surface area (Å²) < 4.78 is 32.2. The Balaban J connectivity index is 1.60. The van der Waals surface area contributed by atoms with Crippen molar-refractivity contribution in [1.82, 2.24) is 14.9 Å². The molecule has 0 spiro atoms. The van der Waals surface area contributed by atoms with E-state index < -0.39 is 15.1 Å². The van der Waals surface area contributed by atoms with Crippen molar-refractivity contribution in [2.75, 3.05) is 30.8 Å². The molecule has 0 unspecified atom stereocenters. The fourth-order valence-electron chi connectivity index (χ4n) is 5.60. The van der Waals surface area contributed by atoms with Crippen LogP contribution in [-0.2, 0) is 9.84 Å². The van der Waals surface area contributed by atoms with Gasteiger partial charge in [0.15, 0.2) is 15.7 Å². The monoisotopic (exact) mass is 629 g/mol. The van der Waals surface area contributed by atoms with Crippen LogP contribution in [0.3, 0.4) is 0 Å². The number of sulfone groups is 1. The zero-order valence-corrected chi connectivity index (χ0v) is 27.5. The number of anilines is 4. The molecule has 0 bridgehead atoms. The van der Waals surface area contributed by atoms with E-state index in [4.69, 9.17) is 16.3 Å². The molecule has 1 aliphatic carbocycles. The second-order valence-electron chi connectivity index (χ2n) is 11.8. The number of aromatic nitrogens is 2. The maximum absolute atomic E-state index is 13.0. The highest BCUT2D eigenvalue weighted by Crippen LogP contribution is 2.41. The van der Waals surface area contributed by atoms with Gasteiger partial charge in [0.1, 0.15) is 10.8 Å². The number of aliphatic hydroxyl groups excluding tert-OH is 1. The smallest absolute Gasteiger partial charge is 0.229 e. The van der Waals surface area contributed by atoms with Gasteiger partial charge in [-0.2, -0.15) is 4.98 Å². The Morgan fingerprint density at radius 2 is 1.77 bits per heavy atom. The summed E-state index contributed by atoms with van der Waals surface area (Å²) in [6.45, 7) is 10.3. The Labute approximate surface area is 261 Å².